The van der Waals surface area contributed by atoms with Crippen molar-refractivity contribution < 1.29 is 21.7 Å². The van der Waals surface area contributed by atoms with Gasteiger partial charge in [-0.2, -0.15) is 17.7 Å². The molecule has 1 aromatic carbocycles. The van der Waals surface area contributed by atoms with Gasteiger partial charge >= 0.3 is 23.1 Å². The van der Waals surface area contributed by atoms with Gasteiger partial charge in [0.1, 0.15) is 0 Å². The van der Waals surface area contributed by atoms with E-state index >= 15 is 0 Å². The van der Waals surface area contributed by atoms with E-state index in [4.69, 9.17) is 4.74 Å². The van der Waals surface area contributed by atoms with Crippen molar-refractivity contribution in [3.8, 4) is 5.75 Å². The Morgan fingerprint density at radius 1 is 1.19 bits per heavy atom. The Morgan fingerprint density at radius 2 is 1.94 bits per heavy atom. The van der Waals surface area contributed by atoms with Crippen molar-refractivity contribution in [1.82, 2.24) is 0 Å². The van der Waals surface area contributed by atoms with Crippen LogP contribution in [0.25, 0.3) is 0 Å². The van der Waals surface area contributed by atoms with Crippen LogP contribution in [0.1, 0.15) is 38.2 Å². The van der Waals surface area contributed by atoms with E-state index in [0.29, 0.717) is 0 Å². The molecule has 0 amide bonds. The molecule has 0 unspecified atom stereocenters. The summed E-state index contributed by atoms with van der Waals surface area (Å²) < 4.78 is 5.55. The number of aryl methyl sites for hydroxylation is 1. The molecule has 1 nitrogen and oxygen atoms in total. The molecule has 0 bridgehead atoms. The van der Waals surface area contributed by atoms with E-state index in [0.717, 1.165) is 18.8 Å². The van der Waals surface area contributed by atoms with E-state index < -0.39 is 0 Å². The average molecular weight is 296 g/mol. The molecule has 0 aliphatic carbocycles. The fraction of sp³-hybridized carbons (Fsp3) is 0.538. The maximum absolute atomic E-state index is 5.55. The topological polar surface area (TPSA) is 9.23 Å². The molecule has 0 atom stereocenters. The third-order valence-corrected chi connectivity index (χ3v) is 2.20. The van der Waals surface area contributed by atoms with Crippen molar-refractivity contribution in [3.05, 3.63) is 29.8 Å². The molecule has 0 saturated heterocycles. The van der Waals surface area contributed by atoms with E-state index in [2.05, 4.69) is 26.0 Å². The van der Waals surface area contributed by atoms with Gasteiger partial charge in [-0.05, 0) is 6.42 Å². The Labute approximate surface area is 126 Å². The second-order valence-corrected chi connectivity index (χ2v) is 3.64. The number of halogens is 1. The zero-order valence-electron chi connectivity index (χ0n) is 10.3. The molecule has 86 valence electrons. The first kappa shape index (κ1) is 18.6. The summed E-state index contributed by atoms with van der Waals surface area (Å²) in [5, 5.41) is 0. The molecule has 1 rings (SSSR count). The second kappa shape index (κ2) is 11.7. The first-order chi connectivity index (χ1) is 6.83. The van der Waals surface area contributed by atoms with Gasteiger partial charge in [-0.1, -0.05) is 33.1 Å². The Kier molecular flexibility index (Phi) is 13.7. The Bertz CT molecular complexity index is 249. The third-order valence-electron chi connectivity index (χ3n) is 2.20. The molecule has 16 heavy (non-hydrogen) atoms. The Hall–Kier alpha value is 0.266. The molecule has 0 radical (unpaired) electrons. The summed E-state index contributed by atoms with van der Waals surface area (Å²) in [5.74, 6) is 0.868. The predicted molar refractivity (Wildman–Crippen MR) is 65.4 cm³/mol. The van der Waals surface area contributed by atoms with Crippen molar-refractivity contribution in [1.29, 1.82) is 0 Å². The van der Waals surface area contributed by atoms with Gasteiger partial charge in [0.05, 0.1) is 6.61 Å². The molecule has 1 aromatic rings. The molecule has 0 spiro atoms. The molecule has 0 aromatic heterocycles. The van der Waals surface area contributed by atoms with Gasteiger partial charge in [-0.25, -0.2) is 0 Å². The van der Waals surface area contributed by atoms with Crippen LogP contribution in [0.4, 0.5) is 0 Å². The summed E-state index contributed by atoms with van der Waals surface area (Å²) in [6.07, 6.45) is 5.00. The quantitative estimate of drug-likeness (QED) is 0.419. The van der Waals surface area contributed by atoms with Gasteiger partial charge in [0.15, 0.2) is 0 Å². The molecule has 0 heterocycles. The van der Waals surface area contributed by atoms with Crippen LogP contribution in [0.15, 0.2) is 18.2 Å². The van der Waals surface area contributed by atoms with Gasteiger partial charge in [-0.15, -0.1) is 12.1 Å². The number of rotatable bonds is 6. The first-order valence-electron chi connectivity index (χ1n) is 5.44. The van der Waals surface area contributed by atoms with E-state index in [1.165, 1.54) is 24.8 Å². The van der Waals surface area contributed by atoms with Gasteiger partial charge in [0, 0.05) is 5.75 Å². The number of ether oxygens (including phenoxy) is 1. The minimum atomic E-state index is 0. The van der Waals surface area contributed by atoms with Crippen molar-refractivity contribution in [2.75, 3.05) is 6.61 Å². The molecule has 0 N–H and O–H groups in total. The summed E-state index contributed by atoms with van der Waals surface area (Å²) >= 11 is 0. The number of unbranched alkanes of at least 4 members (excludes halogenated alkanes) is 3. The van der Waals surface area contributed by atoms with Gasteiger partial charge in [0.2, 0.25) is 0 Å². The third kappa shape index (κ3) is 8.42. The van der Waals surface area contributed by atoms with E-state index in [9.17, 15) is 0 Å². The fourth-order valence-corrected chi connectivity index (χ4v) is 1.29. The minimum Gasteiger partial charge on any atom is -1.00 e. The van der Waals surface area contributed by atoms with Gasteiger partial charge in [-0.3, -0.25) is 0 Å². The molecular formula is C13H19BrMgO. The summed E-state index contributed by atoms with van der Waals surface area (Å²) in [4.78, 5) is 0. The maximum Gasteiger partial charge on any atom is 2.00 e. The summed E-state index contributed by atoms with van der Waals surface area (Å²) in [7, 11) is 0. The summed E-state index contributed by atoms with van der Waals surface area (Å²) in [6, 6.07) is 9.10. The normalized spacial score (nSPS) is 8.88. The van der Waals surface area contributed by atoms with Crippen molar-refractivity contribution in [2.45, 2.75) is 39.5 Å². The van der Waals surface area contributed by atoms with Crippen molar-refractivity contribution >= 4 is 23.1 Å². The van der Waals surface area contributed by atoms with E-state index in [1.807, 2.05) is 12.1 Å². The van der Waals surface area contributed by atoms with Crippen LogP contribution < -0.4 is 21.7 Å². The smallest absolute Gasteiger partial charge is 1.00 e. The fourth-order valence-electron chi connectivity index (χ4n) is 1.29. The van der Waals surface area contributed by atoms with Gasteiger partial charge in [0.25, 0.3) is 0 Å². The van der Waals surface area contributed by atoms with Crippen LogP contribution in [0.3, 0.4) is 0 Å². The van der Waals surface area contributed by atoms with E-state index in [-0.39, 0.29) is 40.0 Å². The summed E-state index contributed by atoms with van der Waals surface area (Å²) in [5.41, 5.74) is 1.23. The molecule has 3 heteroatoms. The van der Waals surface area contributed by atoms with E-state index in [1.54, 1.807) is 0 Å². The molecule has 0 aliphatic rings. The van der Waals surface area contributed by atoms with Crippen LogP contribution in [-0.2, 0) is 0 Å². The van der Waals surface area contributed by atoms with Crippen LogP contribution >= 0.6 is 0 Å². The Morgan fingerprint density at radius 3 is 2.50 bits per heavy atom. The SMILES string of the molecule is CCCCCCOc1[c-]cc(C)cc1.[Br-].[Mg+2]. The number of hydrogen-bond acceptors (Lipinski definition) is 1. The van der Waals surface area contributed by atoms with Gasteiger partial charge < -0.3 is 21.7 Å². The Balaban J connectivity index is 0. The summed E-state index contributed by atoms with van der Waals surface area (Å²) in [6.45, 7) is 5.09. The van der Waals surface area contributed by atoms with Crippen LogP contribution in [0.2, 0.25) is 0 Å². The largest absolute Gasteiger partial charge is 2.00 e. The van der Waals surface area contributed by atoms with Crippen LogP contribution in [0.5, 0.6) is 5.75 Å². The standard InChI is InChI=1S/C13H19O.BrH.Mg/c1-3-4-5-6-11-14-13-9-7-12(2)8-10-13;;/h7-9H,3-6,11H2,1-2H3;1H;/q-1;;+2/p-1. The number of hydrogen-bond donors (Lipinski definition) is 0. The minimum absolute atomic E-state index is 0. The molecule has 0 saturated carbocycles. The zero-order chi connectivity index (χ0) is 10.2. The predicted octanol–water partition coefficient (Wildman–Crippen LogP) is 0.378. The molecular weight excluding hydrogens is 276 g/mol. The zero-order valence-corrected chi connectivity index (χ0v) is 13.3. The van der Waals surface area contributed by atoms with Crippen LogP contribution in [0, 0.1) is 13.0 Å². The van der Waals surface area contributed by atoms with Crippen molar-refractivity contribution in [3.63, 3.8) is 0 Å². The maximum atomic E-state index is 5.55. The second-order valence-electron chi connectivity index (χ2n) is 3.64. The van der Waals surface area contributed by atoms with Crippen LogP contribution in [-0.4, -0.2) is 29.7 Å². The molecule has 0 fully saturated rings. The van der Waals surface area contributed by atoms with Crippen molar-refractivity contribution in [2.24, 2.45) is 0 Å². The average Bonchev–Trinajstić information content (AvgIpc) is 2.21. The first-order valence-corrected chi connectivity index (χ1v) is 5.44. The monoisotopic (exact) mass is 294 g/mol. The molecule has 0 aliphatic heterocycles. The number of benzene rings is 1.